The van der Waals surface area contributed by atoms with Crippen LogP contribution in [0.2, 0.25) is 5.15 Å². The van der Waals surface area contributed by atoms with Crippen LogP contribution >= 0.6 is 11.6 Å². The number of H-pyrrole nitrogens is 1. The van der Waals surface area contributed by atoms with E-state index in [4.69, 9.17) is 23.1 Å². The van der Waals surface area contributed by atoms with E-state index in [1.54, 1.807) is 0 Å². The van der Waals surface area contributed by atoms with Gasteiger partial charge < -0.3 is 5.73 Å². The van der Waals surface area contributed by atoms with Crippen LogP contribution in [0.25, 0.3) is 0 Å². The smallest absolute Gasteiger partial charge is 0.284 e. The lowest BCUT2D eigenvalue weighted by Gasteiger charge is -1.93. The molecule has 0 aliphatic rings. The Morgan fingerprint density at radius 3 is 2.64 bits per heavy atom. The molecular formula is C6H7ClN3O+. The normalized spacial score (nSPS) is 9.55. The van der Waals surface area contributed by atoms with Gasteiger partial charge in [-0.1, -0.05) is 0 Å². The van der Waals surface area contributed by atoms with Crippen molar-refractivity contribution >= 4 is 23.3 Å². The van der Waals surface area contributed by atoms with E-state index >= 15 is 0 Å². The van der Waals surface area contributed by atoms with E-state index in [1.165, 1.54) is 12.1 Å². The Morgan fingerprint density at radius 2 is 2.18 bits per heavy atom. The summed E-state index contributed by atoms with van der Waals surface area (Å²) in [4.78, 5) is 13.2. The molecular weight excluding hydrogens is 166 g/mol. The van der Waals surface area contributed by atoms with Crippen molar-refractivity contribution in [1.82, 2.24) is 0 Å². The Bertz CT molecular complexity index is 300. The van der Waals surface area contributed by atoms with E-state index in [0.717, 1.165) is 0 Å². The fourth-order valence-electron chi connectivity index (χ4n) is 0.699. The van der Waals surface area contributed by atoms with Crippen molar-refractivity contribution in [2.24, 2.45) is 5.73 Å². The largest absolute Gasteiger partial charge is 0.365 e. The summed E-state index contributed by atoms with van der Waals surface area (Å²) in [7, 11) is 0. The van der Waals surface area contributed by atoms with E-state index in [1.807, 2.05) is 0 Å². The second-order valence-corrected chi connectivity index (χ2v) is 2.41. The summed E-state index contributed by atoms with van der Waals surface area (Å²) in [6.45, 7) is 0. The average molecular weight is 173 g/mol. The predicted molar refractivity (Wildman–Crippen MR) is 40.9 cm³/mol. The highest BCUT2D eigenvalue weighted by Gasteiger charge is 2.10. The zero-order valence-corrected chi connectivity index (χ0v) is 6.35. The number of anilines is 1. The van der Waals surface area contributed by atoms with E-state index in [0.29, 0.717) is 5.15 Å². The third kappa shape index (κ3) is 1.59. The lowest BCUT2D eigenvalue weighted by atomic mass is 10.2. The molecule has 1 aromatic heterocycles. The van der Waals surface area contributed by atoms with Crippen LogP contribution in [0, 0.1) is 0 Å². The monoisotopic (exact) mass is 172 g/mol. The molecule has 0 aliphatic carbocycles. The number of hydrogen-bond acceptors (Lipinski definition) is 2. The molecule has 11 heavy (non-hydrogen) atoms. The minimum atomic E-state index is -0.574. The minimum absolute atomic E-state index is 0.185. The topological polar surface area (TPSA) is 83.2 Å². The maximum absolute atomic E-state index is 10.6. The summed E-state index contributed by atoms with van der Waals surface area (Å²) in [5.41, 5.74) is 10.6. The van der Waals surface area contributed by atoms with Gasteiger partial charge in [0.15, 0.2) is 5.15 Å². The second kappa shape index (κ2) is 2.75. The Kier molecular flexibility index (Phi) is 1.96. The van der Waals surface area contributed by atoms with Gasteiger partial charge in [-0.2, -0.15) is 0 Å². The zero-order valence-electron chi connectivity index (χ0n) is 5.60. The number of carbonyl (C=O) groups is 1. The Labute approximate surface area is 68.2 Å². The molecule has 0 bridgehead atoms. The third-order valence-electron chi connectivity index (χ3n) is 1.21. The summed E-state index contributed by atoms with van der Waals surface area (Å²) < 4.78 is 0. The van der Waals surface area contributed by atoms with Crippen molar-refractivity contribution in [3.63, 3.8) is 0 Å². The Balaban J connectivity index is 3.20. The van der Waals surface area contributed by atoms with Crippen LogP contribution in [0.1, 0.15) is 10.4 Å². The molecule has 0 saturated heterocycles. The first-order valence-corrected chi connectivity index (χ1v) is 3.26. The van der Waals surface area contributed by atoms with Crippen LogP contribution in [0.4, 0.5) is 5.82 Å². The highest BCUT2D eigenvalue weighted by Crippen LogP contribution is 2.07. The van der Waals surface area contributed by atoms with Gasteiger partial charge in [-0.15, -0.1) is 0 Å². The summed E-state index contributed by atoms with van der Waals surface area (Å²) in [5, 5.41) is 0.368. The van der Waals surface area contributed by atoms with Crippen LogP contribution in [0.15, 0.2) is 12.1 Å². The second-order valence-electron chi connectivity index (χ2n) is 2.00. The number of aromatic nitrogens is 1. The first-order chi connectivity index (χ1) is 5.11. The molecule has 0 fully saturated rings. The van der Waals surface area contributed by atoms with Crippen LogP contribution in [0.3, 0.4) is 0 Å². The summed E-state index contributed by atoms with van der Waals surface area (Å²) in [5.74, 6) is -0.389. The van der Waals surface area contributed by atoms with E-state index in [-0.39, 0.29) is 11.4 Å². The fourth-order valence-corrected chi connectivity index (χ4v) is 0.864. The SMILES string of the molecule is NC(=O)c1ccc(Cl)[nH+]c1N. The highest BCUT2D eigenvalue weighted by atomic mass is 35.5. The van der Waals surface area contributed by atoms with Gasteiger partial charge in [-0.25, -0.2) is 4.98 Å². The molecule has 0 radical (unpaired) electrons. The van der Waals surface area contributed by atoms with Gasteiger partial charge in [0.25, 0.3) is 11.7 Å². The van der Waals surface area contributed by atoms with Gasteiger partial charge in [0.2, 0.25) is 0 Å². The molecule has 0 atom stereocenters. The van der Waals surface area contributed by atoms with Crippen molar-refractivity contribution in [2.75, 3.05) is 5.73 Å². The number of nitrogens with two attached hydrogens (primary N) is 2. The standard InChI is InChI=1S/C6H6ClN3O/c7-4-2-1-3(6(9)11)5(8)10-4/h1-2H,(H2,8,10)(H2,9,11)/p+1. The van der Waals surface area contributed by atoms with Gasteiger partial charge in [0.05, 0.1) is 0 Å². The molecule has 1 heterocycles. The lowest BCUT2D eigenvalue weighted by Crippen LogP contribution is -2.20. The van der Waals surface area contributed by atoms with E-state index < -0.39 is 5.91 Å². The van der Waals surface area contributed by atoms with Gasteiger partial charge in [0, 0.05) is 0 Å². The number of hydrogen-bond donors (Lipinski definition) is 2. The molecule has 0 saturated carbocycles. The maximum atomic E-state index is 10.6. The van der Waals surface area contributed by atoms with Crippen molar-refractivity contribution in [2.45, 2.75) is 0 Å². The molecule has 58 valence electrons. The molecule has 0 aliphatic heterocycles. The van der Waals surface area contributed by atoms with Gasteiger partial charge >= 0.3 is 0 Å². The zero-order chi connectivity index (χ0) is 8.43. The summed E-state index contributed by atoms with van der Waals surface area (Å²) >= 11 is 5.53. The van der Waals surface area contributed by atoms with Crippen molar-refractivity contribution < 1.29 is 9.78 Å². The number of carbonyl (C=O) groups excluding carboxylic acids is 1. The van der Waals surface area contributed by atoms with Crippen molar-refractivity contribution in [3.8, 4) is 0 Å². The number of amides is 1. The summed E-state index contributed by atoms with van der Waals surface area (Å²) in [6.07, 6.45) is 0. The van der Waals surface area contributed by atoms with Crippen LogP contribution in [0.5, 0.6) is 0 Å². The lowest BCUT2D eigenvalue weighted by molar-refractivity contribution is -0.357. The third-order valence-corrected chi connectivity index (χ3v) is 1.43. The molecule has 1 amide bonds. The molecule has 5 N–H and O–H groups in total. The van der Waals surface area contributed by atoms with Gasteiger partial charge in [-0.3, -0.25) is 10.5 Å². The highest BCUT2D eigenvalue weighted by molar-refractivity contribution is 6.28. The van der Waals surface area contributed by atoms with Crippen molar-refractivity contribution in [3.05, 3.63) is 22.8 Å². The van der Waals surface area contributed by atoms with Gasteiger partial charge in [0.1, 0.15) is 5.56 Å². The van der Waals surface area contributed by atoms with Crippen LogP contribution in [-0.2, 0) is 0 Å². The summed E-state index contributed by atoms with van der Waals surface area (Å²) in [6, 6.07) is 2.98. The number of pyridine rings is 1. The van der Waals surface area contributed by atoms with E-state index in [2.05, 4.69) is 4.98 Å². The van der Waals surface area contributed by atoms with Crippen molar-refractivity contribution in [1.29, 1.82) is 0 Å². The average Bonchev–Trinajstić information content (AvgIpc) is 1.85. The molecule has 4 nitrogen and oxygen atoms in total. The number of nitrogen functional groups attached to an aromatic ring is 1. The number of rotatable bonds is 1. The van der Waals surface area contributed by atoms with Crippen LogP contribution < -0.4 is 16.5 Å². The first kappa shape index (κ1) is 7.81. The molecule has 0 spiro atoms. The molecule has 0 unspecified atom stereocenters. The number of aromatic amines is 1. The maximum Gasteiger partial charge on any atom is 0.284 e. The quantitative estimate of drug-likeness (QED) is 0.577. The number of primary amides is 1. The molecule has 0 aromatic carbocycles. The molecule has 1 aromatic rings. The number of nitrogens with one attached hydrogen (secondary N) is 1. The van der Waals surface area contributed by atoms with E-state index in [9.17, 15) is 4.79 Å². The molecule has 1 rings (SSSR count). The minimum Gasteiger partial charge on any atom is -0.365 e. The van der Waals surface area contributed by atoms with Gasteiger partial charge in [-0.05, 0) is 23.7 Å². The predicted octanol–water partition coefficient (Wildman–Crippen LogP) is -0.165. The van der Waals surface area contributed by atoms with Crippen LogP contribution in [-0.4, -0.2) is 5.91 Å². The fraction of sp³-hybridized carbons (Fsp3) is 0. The number of halogens is 1. The molecule has 5 heteroatoms. The first-order valence-electron chi connectivity index (χ1n) is 2.88. The Morgan fingerprint density at radius 1 is 1.55 bits per heavy atom. The Hall–Kier alpha value is -1.29.